The van der Waals surface area contributed by atoms with Crippen LogP contribution in [0.25, 0.3) is 11.4 Å². The molecule has 0 unspecified atom stereocenters. The van der Waals surface area contributed by atoms with E-state index < -0.39 is 0 Å². The van der Waals surface area contributed by atoms with Gasteiger partial charge >= 0.3 is 0 Å². The molecule has 0 aliphatic carbocycles. The quantitative estimate of drug-likeness (QED) is 0.761. The first-order valence-corrected chi connectivity index (χ1v) is 5.22. The summed E-state index contributed by atoms with van der Waals surface area (Å²) in [6.45, 7) is 2.05. The molecule has 0 amide bonds. The first-order valence-electron chi connectivity index (χ1n) is 4.43. The molecule has 3 heteroatoms. The fourth-order valence-corrected chi connectivity index (χ4v) is 1.79. The fraction of sp³-hybridized carbons (Fsp3) is 0.182. The maximum atomic E-state index is 4.37. The summed E-state index contributed by atoms with van der Waals surface area (Å²) in [6.07, 6.45) is 1.89. The summed E-state index contributed by atoms with van der Waals surface area (Å²) in [6, 6.07) is 8.16. The van der Waals surface area contributed by atoms with Crippen molar-refractivity contribution in [2.24, 2.45) is 7.05 Å². The van der Waals surface area contributed by atoms with E-state index >= 15 is 0 Å². The molecule has 0 saturated carbocycles. The molecule has 72 valence electrons. The Bertz CT molecular complexity index is 460. The Morgan fingerprint density at radius 2 is 2.14 bits per heavy atom. The standard InChI is InChI=1S/C11H11BrN2/c1-8-7-13-11(14(8)2)9-4-3-5-10(12)6-9/h3-7H,1-2H3. The summed E-state index contributed by atoms with van der Waals surface area (Å²) in [5, 5.41) is 0. The van der Waals surface area contributed by atoms with Gasteiger partial charge in [-0.25, -0.2) is 4.98 Å². The lowest BCUT2D eigenvalue weighted by atomic mass is 10.2. The van der Waals surface area contributed by atoms with Crippen molar-refractivity contribution in [3.63, 3.8) is 0 Å². The maximum absolute atomic E-state index is 4.37. The Kier molecular flexibility index (Phi) is 2.42. The molecular formula is C11H11BrN2. The van der Waals surface area contributed by atoms with Gasteiger partial charge in [0.1, 0.15) is 5.82 Å². The van der Waals surface area contributed by atoms with Crippen LogP contribution in [0.5, 0.6) is 0 Å². The van der Waals surface area contributed by atoms with Crippen molar-refractivity contribution in [1.82, 2.24) is 9.55 Å². The van der Waals surface area contributed by atoms with Gasteiger partial charge in [-0.05, 0) is 19.1 Å². The Morgan fingerprint density at radius 3 is 2.71 bits per heavy atom. The first-order chi connectivity index (χ1) is 6.68. The van der Waals surface area contributed by atoms with Gasteiger partial charge in [-0.2, -0.15) is 0 Å². The normalized spacial score (nSPS) is 10.5. The highest BCUT2D eigenvalue weighted by Gasteiger charge is 2.05. The van der Waals surface area contributed by atoms with Crippen LogP contribution in [-0.4, -0.2) is 9.55 Å². The van der Waals surface area contributed by atoms with Gasteiger partial charge in [0.25, 0.3) is 0 Å². The summed E-state index contributed by atoms with van der Waals surface area (Å²) >= 11 is 3.45. The van der Waals surface area contributed by atoms with E-state index in [-0.39, 0.29) is 0 Å². The number of aromatic nitrogens is 2. The maximum Gasteiger partial charge on any atom is 0.139 e. The van der Waals surface area contributed by atoms with Crippen molar-refractivity contribution in [3.05, 3.63) is 40.6 Å². The number of nitrogens with zero attached hydrogens (tertiary/aromatic N) is 2. The van der Waals surface area contributed by atoms with E-state index in [1.807, 2.05) is 25.4 Å². The lowest BCUT2D eigenvalue weighted by molar-refractivity contribution is 0.884. The van der Waals surface area contributed by atoms with E-state index in [9.17, 15) is 0 Å². The van der Waals surface area contributed by atoms with Gasteiger partial charge in [0.15, 0.2) is 0 Å². The molecule has 0 N–H and O–H groups in total. The Labute approximate surface area is 91.7 Å². The number of hydrogen-bond acceptors (Lipinski definition) is 1. The van der Waals surface area contributed by atoms with Crippen LogP contribution in [0.15, 0.2) is 34.9 Å². The SMILES string of the molecule is Cc1cnc(-c2cccc(Br)c2)n1C. The third-order valence-corrected chi connectivity index (χ3v) is 2.80. The molecule has 0 radical (unpaired) electrons. The molecule has 2 nitrogen and oxygen atoms in total. The molecule has 0 bridgehead atoms. The third kappa shape index (κ3) is 1.60. The lowest BCUT2D eigenvalue weighted by Crippen LogP contribution is -1.94. The molecule has 0 atom stereocenters. The average Bonchev–Trinajstić information content (AvgIpc) is 2.48. The molecule has 0 saturated heterocycles. The van der Waals surface area contributed by atoms with Gasteiger partial charge in [-0.1, -0.05) is 28.1 Å². The summed E-state index contributed by atoms with van der Waals surface area (Å²) < 4.78 is 3.16. The second kappa shape index (κ2) is 3.58. The third-order valence-electron chi connectivity index (χ3n) is 2.30. The molecule has 1 heterocycles. The predicted octanol–water partition coefficient (Wildman–Crippen LogP) is 3.16. The minimum atomic E-state index is 1.00. The van der Waals surface area contributed by atoms with Gasteiger partial charge in [0, 0.05) is 29.0 Å². The Hall–Kier alpha value is -1.09. The van der Waals surface area contributed by atoms with Crippen molar-refractivity contribution in [2.75, 3.05) is 0 Å². The van der Waals surface area contributed by atoms with Crippen molar-refractivity contribution in [3.8, 4) is 11.4 Å². The molecule has 14 heavy (non-hydrogen) atoms. The molecule has 0 aliphatic heterocycles. The van der Waals surface area contributed by atoms with Crippen LogP contribution in [0.3, 0.4) is 0 Å². The highest BCUT2D eigenvalue weighted by Crippen LogP contribution is 2.21. The fourth-order valence-electron chi connectivity index (χ4n) is 1.39. The second-order valence-electron chi connectivity index (χ2n) is 3.29. The van der Waals surface area contributed by atoms with Crippen LogP contribution in [0.1, 0.15) is 5.69 Å². The zero-order valence-corrected chi connectivity index (χ0v) is 9.75. The molecule has 1 aromatic heterocycles. The van der Waals surface area contributed by atoms with Crippen LogP contribution < -0.4 is 0 Å². The predicted molar refractivity (Wildman–Crippen MR) is 61.1 cm³/mol. The molecule has 0 spiro atoms. The highest BCUT2D eigenvalue weighted by molar-refractivity contribution is 9.10. The van der Waals surface area contributed by atoms with Crippen LogP contribution in [0.2, 0.25) is 0 Å². The number of halogens is 1. The number of imidazole rings is 1. The van der Waals surface area contributed by atoms with E-state index in [4.69, 9.17) is 0 Å². The topological polar surface area (TPSA) is 17.8 Å². The monoisotopic (exact) mass is 250 g/mol. The molecular weight excluding hydrogens is 240 g/mol. The summed E-state index contributed by atoms with van der Waals surface area (Å²) in [7, 11) is 2.03. The molecule has 0 fully saturated rings. The van der Waals surface area contributed by atoms with E-state index in [0.29, 0.717) is 0 Å². The minimum Gasteiger partial charge on any atom is -0.331 e. The zero-order valence-electron chi connectivity index (χ0n) is 8.16. The minimum absolute atomic E-state index is 1.00. The summed E-state index contributed by atoms with van der Waals surface area (Å²) in [5.41, 5.74) is 2.30. The van der Waals surface area contributed by atoms with Gasteiger partial charge < -0.3 is 4.57 Å². The molecule has 0 aliphatic rings. The van der Waals surface area contributed by atoms with Gasteiger partial charge in [-0.3, -0.25) is 0 Å². The Morgan fingerprint density at radius 1 is 1.36 bits per heavy atom. The van der Waals surface area contributed by atoms with E-state index in [1.165, 1.54) is 5.69 Å². The van der Waals surface area contributed by atoms with E-state index in [1.54, 1.807) is 0 Å². The van der Waals surface area contributed by atoms with E-state index in [2.05, 4.69) is 44.5 Å². The molecule has 2 rings (SSSR count). The largest absolute Gasteiger partial charge is 0.331 e. The Balaban J connectivity index is 2.55. The van der Waals surface area contributed by atoms with Crippen LogP contribution >= 0.6 is 15.9 Å². The number of aryl methyl sites for hydroxylation is 1. The number of rotatable bonds is 1. The van der Waals surface area contributed by atoms with Crippen molar-refractivity contribution in [1.29, 1.82) is 0 Å². The van der Waals surface area contributed by atoms with Gasteiger partial charge in [0.2, 0.25) is 0 Å². The smallest absolute Gasteiger partial charge is 0.139 e. The zero-order chi connectivity index (χ0) is 10.1. The second-order valence-corrected chi connectivity index (χ2v) is 4.21. The molecule has 2 aromatic rings. The highest BCUT2D eigenvalue weighted by atomic mass is 79.9. The van der Waals surface area contributed by atoms with Crippen LogP contribution in [0.4, 0.5) is 0 Å². The van der Waals surface area contributed by atoms with Gasteiger partial charge in [-0.15, -0.1) is 0 Å². The first kappa shape index (κ1) is 9.46. The summed E-state index contributed by atoms with van der Waals surface area (Å²) in [5.74, 6) is 1.00. The number of hydrogen-bond donors (Lipinski definition) is 0. The average molecular weight is 251 g/mol. The van der Waals surface area contributed by atoms with Crippen LogP contribution in [0, 0.1) is 6.92 Å². The van der Waals surface area contributed by atoms with Gasteiger partial charge in [0.05, 0.1) is 0 Å². The summed E-state index contributed by atoms with van der Waals surface area (Å²) in [4.78, 5) is 4.37. The van der Waals surface area contributed by atoms with Crippen molar-refractivity contribution < 1.29 is 0 Å². The van der Waals surface area contributed by atoms with Crippen molar-refractivity contribution in [2.45, 2.75) is 6.92 Å². The van der Waals surface area contributed by atoms with Crippen molar-refractivity contribution >= 4 is 15.9 Å². The number of benzene rings is 1. The molecule has 1 aromatic carbocycles. The lowest BCUT2D eigenvalue weighted by Gasteiger charge is -2.03. The van der Waals surface area contributed by atoms with Crippen LogP contribution in [-0.2, 0) is 7.05 Å². The van der Waals surface area contributed by atoms with E-state index in [0.717, 1.165) is 15.9 Å².